The zero-order chi connectivity index (χ0) is 21.3. The molecule has 7 nitrogen and oxygen atoms in total. The Hall–Kier alpha value is -3.26. The Morgan fingerprint density at radius 3 is 2.67 bits per heavy atom. The first-order valence-electron chi connectivity index (χ1n) is 9.93. The Kier molecular flexibility index (Phi) is 5.50. The van der Waals surface area contributed by atoms with Gasteiger partial charge in [-0.25, -0.2) is 18.3 Å². The zero-order valence-corrected chi connectivity index (χ0v) is 16.9. The number of aromatic nitrogens is 4. The van der Waals surface area contributed by atoms with Gasteiger partial charge < -0.3 is 4.74 Å². The number of nitrogens with zero attached hydrogens (tertiary/aromatic N) is 4. The van der Waals surface area contributed by atoms with Crippen molar-refractivity contribution in [3.63, 3.8) is 0 Å². The summed E-state index contributed by atoms with van der Waals surface area (Å²) in [4.78, 5) is 26.2. The van der Waals surface area contributed by atoms with Crippen LogP contribution in [0.3, 0.4) is 0 Å². The van der Waals surface area contributed by atoms with E-state index in [4.69, 9.17) is 4.74 Å². The quantitative estimate of drug-likeness (QED) is 0.439. The molecule has 0 aliphatic heterocycles. The van der Waals surface area contributed by atoms with Gasteiger partial charge in [-0.05, 0) is 50.1 Å². The lowest BCUT2D eigenvalue weighted by Crippen LogP contribution is -2.27. The van der Waals surface area contributed by atoms with Crippen LogP contribution in [0.5, 0.6) is 0 Å². The lowest BCUT2D eigenvalue weighted by atomic mass is 10.2. The van der Waals surface area contributed by atoms with Crippen molar-refractivity contribution in [1.82, 2.24) is 18.7 Å². The van der Waals surface area contributed by atoms with Crippen LogP contribution in [-0.2, 0) is 17.8 Å². The van der Waals surface area contributed by atoms with E-state index in [0.717, 1.165) is 0 Å². The molecule has 0 N–H and O–H groups in total. The fourth-order valence-electron chi connectivity index (χ4n) is 3.52. The third kappa shape index (κ3) is 3.78. The molecule has 4 rings (SSSR count). The molecule has 0 fully saturated rings. The molecule has 0 saturated carbocycles. The minimum Gasteiger partial charge on any atom is -0.379 e. The van der Waals surface area contributed by atoms with Crippen LogP contribution >= 0.6 is 0 Å². The van der Waals surface area contributed by atoms with Gasteiger partial charge in [-0.15, -0.1) is 5.10 Å². The zero-order valence-electron chi connectivity index (χ0n) is 16.9. The molecule has 0 unspecified atom stereocenters. The SMILES string of the molecule is CC(C)OCCCn1c(=O)c2ccccc2n2c(=O)n(Cc3cccc(F)c3)nc12. The van der Waals surface area contributed by atoms with E-state index in [0.29, 0.717) is 36.0 Å². The Morgan fingerprint density at radius 1 is 1.10 bits per heavy atom. The highest BCUT2D eigenvalue weighted by atomic mass is 19.1. The molecule has 8 heteroatoms. The summed E-state index contributed by atoms with van der Waals surface area (Å²) in [6.07, 6.45) is 0.711. The average molecular weight is 410 g/mol. The van der Waals surface area contributed by atoms with Gasteiger partial charge in [-0.1, -0.05) is 24.3 Å². The van der Waals surface area contributed by atoms with Crippen molar-refractivity contribution in [2.24, 2.45) is 0 Å². The molecule has 4 aromatic rings. The molecular weight excluding hydrogens is 387 g/mol. The van der Waals surface area contributed by atoms with E-state index < -0.39 is 0 Å². The highest BCUT2D eigenvalue weighted by Gasteiger charge is 2.17. The Balaban J connectivity index is 1.84. The van der Waals surface area contributed by atoms with E-state index in [-0.39, 0.29) is 35.5 Å². The largest absolute Gasteiger partial charge is 0.379 e. The van der Waals surface area contributed by atoms with Crippen LogP contribution in [0.2, 0.25) is 0 Å². The van der Waals surface area contributed by atoms with Crippen molar-refractivity contribution in [2.75, 3.05) is 6.61 Å². The first-order chi connectivity index (χ1) is 14.5. The van der Waals surface area contributed by atoms with Gasteiger partial charge >= 0.3 is 5.69 Å². The summed E-state index contributed by atoms with van der Waals surface area (Å²) in [5.74, 6) is -0.110. The van der Waals surface area contributed by atoms with Gasteiger partial charge in [0.25, 0.3) is 5.56 Å². The lowest BCUT2D eigenvalue weighted by molar-refractivity contribution is 0.0748. The smallest absolute Gasteiger partial charge is 0.352 e. The summed E-state index contributed by atoms with van der Waals surface area (Å²) in [5.41, 5.74) is 0.537. The summed E-state index contributed by atoms with van der Waals surface area (Å²) >= 11 is 0. The van der Waals surface area contributed by atoms with Crippen LogP contribution < -0.4 is 11.2 Å². The number of benzene rings is 2. The second-order valence-electron chi connectivity index (χ2n) is 7.45. The summed E-state index contributed by atoms with van der Waals surface area (Å²) in [7, 11) is 0. The topological polar surface area (TPSA) is 70.5 Å². The molecule has 2 heterocycles. The van der Waals surface area contributed by atoms with Crippen molar-refractivity contribution < 1.29 is 9.13 Å². The van der Waals surface area contributed by atoms with E-state index in [2.05, 4.69) is 5.10 Å². The third-order valence-electron chi connectivity index (χ3n) is 4.88. The number of para-hydroxylation sites is 1. The average Bonchev–Trinajstić information content (AvgIpc) is 3.03. The predicted octanol–water partition coefficient (Wildman–Crippen LogP) is 2.81. The maximum atomic E-state index is 13.6. The standard InChI is InChI=1S/C22H23FN4O3/c1-15(2)30-12-6-11-25-20(28)18-9-3-4-10-19(18)27-21(25)24-26(22(27)29)14-16-7-5-8-17(23)13-16/h3-5,7-10,13,15H,6,11-12,14H2,1-2H3. The molecule has 2 aromatic heterocycles. The maximum Gasteiger partial charge on any atom is 0.352 e. The van der Waals surface area contributed by atoms with Crippen LogP contribution in [0.1, 0.15) is 25.8 Å². The number of hydrogen-bond donors (Lipinski definition) is 0. The van der Waals surface area contributed by atoms with Gasteiger partial charge in [0.05, 0.1) is 23.6 Å². The van der Waals surface area contributed by atoms with Crippen LogP contribution in [0, 0.1) is 5.82 Å². The lowest BCUT2D eigenvalue weighted by Gasteiger charge is -2.11. The van der Waals surface area contributed by atoms with E-state index in [1.54, 1.807) is 36.4 Å². The second-order valence-corrected chi connectivity index (χ2v) is 7.45. The van der Waals surface area contributed by atoms with Crippen molar-refractivity contribution in [1.29, 1.82) is 0 Å². The first kappa shape index (κ1) is 20.0. The fraction of sp³-hybridized carbons (Fsp3) is 0.318. The molecule has 0 spiro atoms. The number of ether oxygens (including phenoxy) is 1. The predicted molar refractivity (Wildman–Crippen MR) is 112 cm³/mol. The van der Waals surface area contributed by atoms with Gasteiger partial charge in [0.2, 0.25) is 5.78 Å². The number of hydrogen-bond acceptors (Lipinski definition) is 4. The summed E-state index contributed by atoms with van der Waals surface area (Å²) in [6, 6.07) is 13.0. The molecule has 0 atom stereocenters. The Labute approximate surface area is 171 Å². The number of halogens is 1. The summed E-state index contributed by atoms with van der Waals surface area (Å²) < 4.78 is 23.4. The van der Waals surface area contributed by atoms with Crippen molar-refractivity contribution >= 4 is 16.7 Å². The molecule has 2 aromatic carbocycles. The van der Waals surface area contributed by atoms with Gasteiger partial charge in [-0.2, -0.15) is 0 Å². The Morgan fingerprint density at radius 2 is 1.90 bits per heavy atom. The summed E-state index contributed by atoms with van der Waals surface area (Å²) in [6.45, 7) is 4.88. The molecule has 0 bridgehead atoms. The van der Waals surface area contributed by atoms with Crippen molar-refractivity contribution in [2.45, 2.75) is 39.5 Å². The highest BCUT2D eigenvalue weighted by molar-refractivity contribution is 5.79. The first-order valence-corrected chi connectivity index (χ1v) is 9.93. The third-order valence-corrected chi connectivity index (χ3v) is 4.88. The van der Waals surface area contributed by atoms with Crippen molar-refractivity contribution in [3.8, 4) is 0 Å². The molecule has 0 aliphatic carbocycles. The molecule has 156 valence electrons. The molecule has 0 saturated heterocycles. The number of rotatable bonds is 7. The van der Waals surface area contributed by atoms with Gasteiger partial charge in [0.1, 0.15) is 5.82 Å². The van der Waals surface area contributed by atoms with Gasteiger partial charge in [0.15, 0.2) is 0 Å². The summed E-state index contributed by atoms with van der Waals surface area (Å²) in [5, 5.41) is 4.88. The minimum absolute atomic E-state index is 0.103. The van der Waals surface area contributed by atoms with Crippen LogP contribution in [0.15, 0.2) is 58.1 Å². The van der Waals surface area contributed by atoms with E-state index in [1.807, 2.05) is 13.8 Å². The number of fused-ring (bicyclic) bond motifs is 3. The Bertz CT molecular complexity index is 1320. The minimum atomic E-state index is -0.378. The van der Waals surface area contributed by atoms with E-state index >= 15 is 0 Å². The van der Waals surface area contributed by atoms with E-state index in [9.17, 15) is 14.0 Å². The highest BCUT2D eigenvalue weighted by Crippen LogP contribution is 2.12. The fourth-order valence-corrected chi connectivity index (χ4v) is 3.52. The van der Waals surface area contributed by atoms with Crippen LogP contribution in [0.25, 0.3) is 16.7 Å². The molecular formula is C22H23FN4O3. The van der Waals surface area contributed by atoms with E-state index in [1.165, 1.54) is 25.8 Å². The van der Waals surface area contributed by atoms with Crippen LogP contribution in [0.4, 0.5) is 4.39 Å². The normalized spacial score (nSPS) is 11.7. The molecule has 30 heavy (non-hydrogen) atoms. The van der Waals surface area contributed by atoms with Gasteiger partial charge in [0, 0.05) is 13.2 Å². The maximum absolute atomic E-state index is 13.6. The second kappa shape index (κ2) is 8.23. The van der Waals surface area contributed by atoms with Crippen LogP contribution in [-0.4, -0.2) is 31.5 Å². The molecule has 0 amide bonds. The molecule has 0 radical (unpaired) electrons. The monoisotopic (exact) mass is 410 g/mol. The molecule has 0 aliphatic rings. The number of aryl methyl sites for hydroxylation is 1. The van der Waals surface area contributed by atoms with Gasteiger partial charge in [-0.3, -0.25) is 9.36 Å². The van der Waals surface area contributed by atoms with Crippen molar-refractivity contribution in [3.05, 3.63) is 80.7 Å².